The van der Waals surface area contributed by atoms with Crippen LogP contribution >= 0.6 is 11.8 Å². The number of fused-ring (bicyclic) bond motifs is 1. The number of amides is 1. The van der Waals surface area contributed by atoms with Gasteiger partial charge in [-0.15, -0.1) is 0 Å². The van der Waals surface area contributed by atoms with Gasteiger partial charge in [-0.25, -0.2) is 13.8 Å². The van der Waals surface area contributed by atoms with E-state index in [4.69, 9.17) is 11.0 Å². The molecule has 0 radical (unpaired) electrons. The molecule has 0 spiro atoms. The highest BCUT2D eigenvalue weighted by Crippen LogP contribution is 2.52. The van der Waals surface area contributed by atoms with Crippen molar-refractivity contribution in [1.82, 2.24) is 4.98 Å². The number of thioether (sulfide) groups is 1. The van der Waals surface area contributed by atoms with E-state index in [1.165, 1.54) is 48.3 Å². The second kappa shape index (κ2) is 7.44. The van der Waals surface area contributed by atoms with E-state index >= 15 is 0 Å². The maximum absolute atomic E-state index is 14.8. The van der Waals surface area contributed by atoms with Gasteiger partial charge in [0.2, 0.25) is 0 Å². The number of aliphatic imine (C=N–C) groups is 1. The van der Waals surface area contributed by atoms with Crippen LogP contribution in [0.25, 0.3) is 0 Å². The third-order valence-electron chi connectivity index (χ3n) is 5.31. The number of benzene rings is 1. The second-order valence-corrected chi connectivity index (χ2v) is 8.15. The number of alkyl halides is 1. The number of hydrogen-bond acceptors (Lipinski definition) is 6. The summed E-state index contributed by atoms with van der Waals surface area (Å²) >= 11 is 1.35. The molecule has 0 bridgehead atoms. The number of nitrogens with zero attached hydrogens (tertiary/aromatic N) is 3. The van der Waals surface area contributed by atoms with Crippen LogP contribution in [0.5, 0.6) is 0 Å². The molecule has 1 aromatic heterocycles. The molecule has 1 fully saturated rings. The summed E-state index contributed by atoms with van der Waals surface area (Å²) in [7, 11) is 0. The molecule has 1 aliphatic carbocycles. The average molecular weight is 413 g/mol. The number of aromatic nitrogens is 1. The summed E-state index contributed by atoms with van der Waals surface area (Å²) < 4.78 is 29.1. The van der Waals surface area contributed by atoms with Crippen LogP contribution in [0.1, 0.15) is 34.5 Å². The van der Waals surface area contributed by atoms with Crippen LogP contribution in [-0.2, 0) is 5.54 Å². The van der Waals surface area contributed by atoms with Crippen LogP contribution in [0.4, 0.5) is 14.5 Å². The van der Waals surface area contributed by atoms with Crippen molar-refractivity contribution >= 4 is 28.5 Å². The smallest absolute Gasteiger partial charge is 0.274 e. The summed E-state index contributed by atoms with van der Waals surface area (Å²) in [5.74, 6) is -0.614. The van der Waals surface area contributed by atoms with Gasteiger partial charge in [0, 0.05) is 35.5 Å². The summed E-state index contributed by atoms with van der Waals surface area (Å²) in [5, 5.41) is 11.8. The molecular formula is C20H17F2N5OS. The van der Waals surface area contributed by atoms with Gasteiger partial charge in [0.15, 0.2) is 5.17 Å². The lowest BCUT2D eigenvalue weighted by molar-refractivity contribution is 0.102. The number of pyridine rings is 1. The Morgan fingerprint density at radius 2 is 2.21 bits per heavy atom. The van der Waals surface area contributed by atoms with E-state index < -0.39 is 23.4 Å². The van der Waals surface area contributed by atoms with E-state index in [0.29, 0.717) is 28.6 Å². The lowest BCUT2D eigenvalue weighted by Gasteiger charge is -2.35. The van der Waals surface area contributed by atoms with Crippen molar-refractivity contribution < 1.29 is 13.6 Å². The zero-order valence-corrected chi connectivity index (χ0v) is 16.0. The fourth-order valence-electron chi connectivity index (χ4n) is 3.96. The third-order valence-corrected chi connectivity index (χ3v) is 6.26. The summed E-state index contributed by atoms with van der Waals surface area (Å²) in [6.45, 7) is 0. The second-order valence-electron chi connectivity index (χ2n) is 7.11. The summed E-state index contributed by atoms with van der Waals surface area (Å²) in [6, 6.07) is 9.01. The minimum Gasteiger partial charge on any atom is -0.379 e. The zero-order valence-electron chi connectivity index (χ0n) is 15.2. The predicted octanol–water partition coefficient (Wildman–Crippen LogP) is 3.35. The number of nitrogens with two attached hydrogens (primary N) is 1. The molecule has 4 rings (SSSR count). The molecule has 0 saturated heterocycles. The minimum absolute atomic E-state index is 0.0599. The van der Waals surface area contributed by atoms with Crippen molar-refractivity contribution in [3.8, 4) is 6.07 Å². The lowest BCUT2D eigenvalue weighted by atomic mass is 9.81. The number of hydrogen-bond donors (Lipinski definition) is 2. The zero-order chi connectivity index (χ0) is 20.6. The number of carbonyl (C=O) groups excluding carboxylic acids is 1. The van der Waals surface area contributed by atoms with Crippen LogP contribution in [0.15, 0.2) is 41.5 Å². The monoisotopic (exact) mass is 413 g/mol. The first kappa shape index (κ1) is 19.3. The Morgan fingerprint density at radius 1 is 1.38 bits per heavy atom. The highest BCUT2D eigenvalue weighted by molar-refractivity contribution is 8.13. The van der Waals surface area contributed by atoms with Crippen molar-refractivity contribution in [2.24, 2.45) is 16.6 Å². The first-order valence-electron chi connectivity index (χ1n) is 9.01. The lowest BCUT2D eigenvalue weighted by Crippen LogP contribution is -2.37. The van der Waals surface area contributed by atoms with Gasteiger partial charge in [-0.2, -0.15) is 5.26 Å². The number of carbonyl (C=O) groups is 1. The number of anilines is 1. The van der Waals surface area contributed by atoms with Crippen molar-refractivity contribution in [1.29, 1.82) is 5.26 Å². The van der Waals surface area contributed by atoms with E-state index in [9.17, 15) is 13.6 Å². The van der Waals surface area contributed by atoms with E-state index in [0.717, 1.165) is 0 Å². The van der Waals surface area contributed by atoms with Gasteiger partial charge >= 0.3 is 0 Å². The maximum Gasteiger partial charge on any atom is 0.274 e. The Hall–Kier alpha value is -2.99. The number of rotatable bonds is 3. The van der Waals surface area contributed by atoms with Crippen LogP contribution in [0, 0.1) is 23.1 Å². The van der Waals surface area contributed by atoms with Gasteiger partial charge in [0.1, 0.15) is 23.8 Å². The van der Waals surface area contributed by atoms with E-state index in [1.54, 1.807) is 0 Å². The topological polar surface area (TPSA) is 104 Å². The van der Waals surface area contributed by atoms with Crippen LogP contribution < -0.4 is 11.1 Å². The van der Waals surface area contributed by atoms with Gasteiger partial charge < -0.3 is 11.1 Å². The molecule has 0 unspecified atom stereocenters. The first-order chi connectivity index (χ1) is 13.9. The molecule has 3 atom stereocenters. The molecule has 1 aromatic carbocycles. The molecule has 9 heteroatoms. The van der Waals surface area contributed by atoms with Gasteiger partial charge in [-0.05, 0) is 36.8 Å². The number of nitriles is 1. The molecule has 148 valence electrons. The highest BCUT2D eigenvalue weighted by atomic mass is 32.2. The highest BCUT2D eigenvalue weighted by Gasteiger charge is 2.52. The molecule has 2 aliphatic rings. The molecule has 6 nitrogen and oxygen atoms in total. The number of amidine groups is 1. The van der Waals surface area contributed by atoms with Crippen molar-refractivity contribution in [2.45, 2.75) is 24.6 Å². The largest absolute Gasteiger partial charge is 0.379 e. The molecule has 3 N–H and O–H groups in total. The molecule has 2 heterocycles. The molecule has 2 aromatic rings. The quantitative estimate of drug-likeness (QED) is 0.803. The number of halogens is 2. The average Bonchev–Trinajstić information content (AvgIpc) is 3.05. The summed E-state index contributed by atoms with van der Waals surface area (Å²) in [5.41, 5.74) is 5.87. The Bertz CT molecular complexity index is 1040. The van der Waals surface area contributed by atoms with Crippen molar-refractivity contribution in [3.05, 3.63) is 59.2 Å². The Morgan fingerprint density at radius 3 is 2.93 bits per heavy atom. The van der Waals surface area contributed by atoms with E-state index in [1.807, 2.05) is 6.07 Å². The van der Waals surface area contributed by atoms with Crippen LogP contribution in [0.3, 0.4) is 0 Å². The SMILES string of the molecule is N#Cc1ccc(C(=O)Nc2ccc(F)c([C@]34C[C@@H](F)C[C@H]3CSC(N)=N4)c2)nc1. The van der Waals surface area contributed by atoms with Gasteiger partial charge in [0.25, 0.3) is 5.91 Å². The van der Waals surface area contributed by atoms with Crippen molar-refractivity contribution in [3.63, 3.8) is 0 Å². The molecule has 1 saturated carbocycles. The third kappa shape index (κ3) is 3.56. The standard InChI is InChI=1S/C20H17F2N5OS/c21-13-5-12-10-29-19(24)27-20(12,7-13)15-6-14(2-3-16(15)22)26-18(28)17-4-1-11(8-23)9-25-17/h1-4,6,9,12-13H,5,7,10H2,(H2,24,27)(H,26,28)/t12-,13-,20-/m0/s1. The summed E-state index contributed by atoms with van der Waals surface area (Å²) in [4.78, 5) is 20.9. The van der Waals surface area contributed by atoms with Gasteiger partial charge in [-0.1, -0.05) is 11.8 Å². The van der Waals surface area contributed by atoms with Crippen LogP contribution in [-0.4, -0.2) is 28.0 Å². The first-order valence-corrected chi connectivity index (χ1v) is 9.99. The Balaban J connectivity index is 1.66. The molecule has 1 aliphatic heterocycles. The Labute approximate surface area is 170 Å². The van der Waals surface area contributed by atoms with Crippen molar-refractivity contribution in [2.75, 3.05) is 11.1 Å². The minimum atomic E-state index is -1.09. The fourth-order valence-corrected chi connectivity index (χ4v) is 4.97. The molecular weight excluding hydrogens is 396 g/mol. The van der Waals surface area contributed by atoms with Crippen LogP contribution in [0.2, 0.25) is 0 Å². The van der Waals surface area contributed by atoms with E-state index in [2.05, 4.69) is 15.3 Å². The maximum atomic E-state index is 14.8. The van der Waals surface area contributed by atoms with Gasteiger partial charge in [0.05, 0.1) is 11.1 Å². The van der Waals surface area contributed by atoms with E-state index in [-0.39, 0.29) is 23.6 Å². The van der Waals surface area contributed by atoms with Gasteiger partial charge in [-0.3, -0.25) is 9.79 Å². The predicted molar refractivity (Wildman–Crippen MR) is 107 cm³/mol. The Kier molecular flexibility index (Phi) is 4.96. The molecule has 1 amide bonds. The fraction of sp³-hybridized carbons (Fsp3) is 0.300. The number of nitrogens with one attached hydrogen (secondary N) is 1. The normalized spacial score (nSPS) is 25.6. The molecule has 29 heavy (non-hydrogen) atoms. The summed E-state index contributed by atoms with van der Waals surface area (Å²) in [6.07, 6.45) is 0.571.